The SMILES string of the molecule is Cc1ccc(S(=O)(=O)C2=C(c3ccc([N+](=O)[O-])cc3)OC(CI)(c3ccccc3)C2)cc1. The zero-order valence-corrected chi connectivity index (χ0v) is 20.2. The van der Waals surface area contributed by atoms with E-state index in [0.29, 0.717) is 9.99 Å². The van der Waals surface area contributed by atoms with Gasteiger partial charge in [0, 0.05) is 28.5 Å². The van der Waals surface area contributed by atoms with E-state index in [0.717, 1.165) is 11.1 Å². The molecule has 0 aromatic heterocycles. The third-order valence-corrected chi connectivity index (χ3v) is 8.61. The lowest BCUT2D eigenvalue weighted by atomic mass is 9.93. The quantitative estimate of drug-likeness (QED) is 0.165. The van der Waals surface area contributed by atoms with E-state index in [9.17, 15) is 18.5 Å². The van der Waals surface area contributed by atoms with Crippen molar-refractivity contribution in [1.82, 2.24) is 0 Å². The number of benzene rings is 3. The van der Waals surface area contributed by atoms with Crippen molar-refractivity contribution in [3.63, 3.8) is 0 Å². The molecule has 0 fully saturated rings. The maximum atomic E-state index is 13.7. The van der Waals surface area contributed by atoms with Gasteiger partial charge in [0.05, 0.1) is 14.7 Å². The highest BCUT2D eigenvalue weighted by Gasteiger charge is 2.46. The molecule has 0 saturated heterocycles. The van der Waals surface area contributed by atoms with Crippen molar-refractivity contribution in [2.75, 3.05) is 4.43 Å². The summed E-state index contributed by atoms with van der Waals surface area (Å²) in [5, 5.41) is 11.1. The van der Waals surface area contributed by atoms with Gasteiger partial charge in [0.25, 0.3) is 5.69 Å². The average Bonchev–Trinajstić information content (AvgIpc) is 3.22. The number of nitro benzene ring substituents is 1. The molecule has 0 saturated carbocycles. The molecule has 6 nitrogen and oxygen atoms in total. The summed E-state index contributed by atoms with van der Waals surface area (Å²) >= 11 is 2.21. The second kappa shape index (κ2) is 8.67. The van der Waals surface area contributed by atoms with Gasteiger partial charge in [-0.15, -0.1) is 0 Å². The number of non-ortho nitro benzene ring substituents is 1. The minimum Gasteiger partial charge on any atom is -0.480 e. The van der Waals surface area contributed by atoms with Gasteiger partial charge >= 0.3 is 0 Å². The molecule has 0 aliphatic carbocycles. The Labute approximate surface area is 200 Å². The number of rotatable bonds is 6. The summed E-state index contributed by atoms with van der Waals surface area (Å²) in [6.07, 6.45) is 0.169. The van der Waals surface area contributed by atoms with Crippen LogP contribution in [0.25, 0.3) is 5.76 Å². The van der Waals surface area contributed by atoms with Gasteiger partial charge in [-0.05, 0) is 36.8 Å². The van der Waals surface area contributed by atoms with Gasteiger partial charge in [0.1, 0.15) is 11.4 Å². The first-order valence-corrected chi connectivity index (χ1v) is 12.9. The fourth-order valence-electron chi connectivity index (χ4n) is 3.71. The van der Waals surface area contributed by atoms with Crippen molar-refractivity contribution in [3.8, 4) is 0 Å². The molecule has 1 unspecified atom stereocenters. The molecule has 1 aliphatic heterocycles. The van der Waals surface area contributed by atoms with E-state index >= 15 is 0 Å². The second-order valence-electron chi connectivity index (χ2n) is 7.65. The zero-order chi connectivity index (χ0) is 22.9. The molecular weight excluding hydrogens is 541 g/mol. The van der Waals surface area contributed by atoms with Crippen LogP contribution in [0.1, 0.15) is 23.1 Å². The van der Waals surface area contributed by atoms with Gasteiger partial charge in [-0.1, -0.05) is 70.6 Å². The summed E-state index contributed by atoms with van der Waals surface area (Å²) < 4.78 is 34.3. The van der Waals surface area contributed by atoms with E-state index in [4.69, 9.17) is 4.74 Å². The standard InChI is InChI=1S/C24H20INO5S/c1-17-7-13-21(14-8-17)32(29,30)22-15-24(16-25,19-5-3-2-4-6-19)31-23(22)18-9-11-20(12-10-18)26(27)28/h2-14H,15-16H2,1H3. The van der Waals surface area contributed by atoms with Crippen molar-refractivity contribution >= 4 is 43.9 Å². The Kier molecular flexibility index (Phi) is 6.09. The van der Waals surface area contributed by atoms with Gasteiger partial charge < -0.3 is 4.74 Å². The van der Waals surface area contributed by atoms with Gasteiger partial charge in [0.15, 0.2) is 0 Å². The van der Waals surface area contributed by atoms with E-state index in [1.165, 1.54) is 24.3 Å². The monoisotopic (exact) mass is 561 g/mol. The Morgan fingerprint density at radius 3 is 2.19 bits per heavy atom. The highest BCUT2D eigenvalue weighted by Crippen LogP contribution is 2.49. The molecular formula is C24H20INO5S. The molecule has 1 heterocycles. The molecule has 0 N–H and O–H groups in total. The summed E-state index contributed by atoms with van der Waals surface area (Å²) in [6, 6.07) is 22.0. The predicted octanol–water partition coefficient (Wildman–Crippen LogP) is 5.80. The minimum absolute atomic E-state index is 0.0708. The zero-order valence-electron chi connectivity index (χ0n) is 17.2. The van der Waals surface area contributed by atoms with E-state index in [1.54, 1.807) is 24.3 Å². The van der Waals surface area contributed by atoms with Crippen LogP contribution in [0.3, 0.4) is 0 Å². The summed E-state index contributed by atoms with van der Waals surface area (Å²) in [5.41, 5.74) is 1.40. The smallest absolute Gasteiger partial charge is 0.269 e. The number of halogens is 1. The predicted molar refractivity (Wildman–Crippen MR) is 131 cm³/mol. The molecule has 4 rings (SSSR count). The number of alkyl halides is 1. The van der Waals surface area contributed by atoms with Gasteiger partial charge in [-0.25, -0.2) is 8.42 Å². The second-order valence-corrected chi connectivity index (χ2v) is 10.4. The van der Waals surface area contributed by atoms with Crippen LogP contribution in [0.2, 0.25) is 0 Å². The van der Waals surface area contributed by atoms with Crippen LogP contribution in [0.4, 0.5) is 5.69 Å². The summed E-state index contributed by atoms with van der Waals surface area (Å²) in [6.45, 7) is 1.90. The molecule has 0 bridgehead atoms. The molecule has 164 valence electrons. The van der Waals surface area contributed by atoms with Crippen molar-refractivity contribution in [2.24, 2.45) is 0 Å². The van der Waals surface area contributed by atoms with Gasteiger partial charge in [-0.2, -0.15) is 0 Å². The largest absolute Gasteiger partial charge is 0.480 e. The molecule has 0 amide bonds. The van der Waals surface area contributed by atoms with E-state index < -0.39 is 20.4 Å². The molecule has 3 aromatic carbocycles. The van der Waals surface area contributed by atoms with Crippen LogP contribution in [0.5, 0.6) is 0 Å². The Hall–Kier alpha value is -2.72. The summed E-state index contributed by atoms with van der Waals surface area (Å²) in [5.74, 6) is 0.237. The Bertz CT molecular complexity index is 1290. The van der Waals surface area contributed by atoms with Crippen LogP contribution in [-0.2, 0) is 20.2 Å². The number of nitrogens with zero attached hydrogens (tertiary/aromatic N) is 1. The molecule has 8 heteroatoms. The highest BCUT2D eigenvalue weighted by molar-refractivity contribution is 14.1. The average molecular weight is 561 g/mol. The highest BCUT2D eigenvalue weighted by atomic mass is 127. The maximum absolute atomic E-state index is 13.7. The third-order valence-electron chi connectivity index (χ3n) is 5.51. The van der Waals surface area contributed by atoms with Gasteiger partial charge in [0.2, 0.25) is 9.84 Å². The first-order valence-electron chi connectivity index (χ1n) is 9.87. The number of sulfone groups is 1. The van der Waals surface area contributed by atoms with Crippen molar-refractivity contribution < 1.29 is 18.1 Å². The van der Waals surface area contributed by atoms with Gasteiger partial charge in [-0.3, -0.25) is 10.1 Å². The van der Waals surface area contributed by atoms with Crippen LogP contribution in [-0.4, -0.2) is 17.8 Å². The topological polar surface area (TPSA) is 86.5 Å². The number of nitro groups is 1. The first-order chi connectivity index (χ1) is 15.3. The lowest BCUT2D eigenvalue weighted by molar-refractivity contribution is -0.384. The van der Waals surface area contributed by atoms with E-state index in [2.05, 4.69) is 22.6 Å². The number of hydrogen-bond acceptors (Lipinski definition) is 5. The minimum atomic E-state index is -3.85. The van der Waals surface area contributed by atoms with Crippen LogP contribution in [0.15, 0.2) is 88.7 Å². The number of hydrogen-bond donors (Lipinski definition) is 0. The Morgan fingerprint density at radius 1 is 1.00 bits per heavy atom. The maximum Gasteiger partial charge on any atom is 0.269 e. The number of ether oxygens (including phenoxy) is 1. The van der Waals surface area contributed by atoms with Crippen LogP contribution >= 0.6 is 22.6 Å². The molecule has 3 aromatic rings. The molecule has 1 aliphatic rings. The van der Waals surface area contributed by atoms with Crippen molar-refractivity contribution in [1.29, 1.82) is 0 Å². The lowest BCUT2D eigenvalue weighted by Gasteiger charge is -2.28. The van der Waals surface area contributed by atoms with Crippen molar-refractivity contribution in [2.45, 2.75) is 23.8 Å². The van der Waals surface area contributed by atoms with E-state index in [-0.39, 0.29) is 27.7 Å². The van der Waals surface area contributed by atoms with Crippen molar-refractivity contribution in [3.05, 3.63) is 111 Å². The fourth-order valence-corrected chi connectivity index (χ4v) is 6.19. The molecule has 0 radical (unpaired) electrons. The summed E-state index contributed by atoms with van der Waals surface area (Å²) in [7, 11) is -3.85. The normalized spacial score (nSPS) is 18.4. The van der Waals surface area contributed by atoms with Crippen LogP contribution in [0, 0.1) is 17.0 Å². The summed E-state index contributed by atoms with van der Waals surface area (Å²) in [4.78, 5) is 10.9. The Morgan fingerprint density at radius 2 is 1.62 bits per heavy atom. The molecule has 32 heavy (non-hydrogen) atoms. The van der Waals surface area contributed by atoms with Crippen LogP contribution < -0.4 is 0 Å². The molecule has 0 spiro atoms. The Balaban J connectivity index is 1.88. The first kappa shape index (κ1) is 22.5. The fraction of sp³-hybridized carbons (Fsp3) is 0.167. The molecule has 1 atom stereocenters. The third kappa shape index (κ3) is 4.04. The number of aryl methyl sites for hydroxylation is 1. The van der Waals surface area contributed by atoms with E-state index in [1.807, 2.05) is 37.3 Å². The lowest BCUT2D eigenvalue weighted by Crippen LogP contribution is -2.28.